The fraction of sp³-hybridized carbons (Fsp3) is 0.125. The maximum atomic E-state index is 13.1. The van der Waals surface area contributed by atoms with Crippen LogP contribution < -0.4 is 4.74 Å². The number of carbonyl (C=O) groups is 1. The highest BCUT2D eigenvalue weighted by molar-refractivity contribution is 5.87. The Morgan fingerprint density at radius 1 is 1.07 bits per heavy atom. The molecule has 29 heavy (non-hydrogen) atoms. The van der Waals surface area contributed by atoms with Crippen LogP contribution in [0.25, 0.3) is 22.0 Å². The van der Waals surface area contributed by atoms with E-state index in [-0.39, 0.29) is 12.4 Å². The van der Waals surface area contributed by atoms with Crippen LogP contribution in [0.2, 0.25) is 0 Å². The van der Waals surface area contributed by atoms with Crippen LogP contribution in [-0.2, 0) is 11.4 Å². The van der Waals surface area contributed by atoms with Gasteiger partial charge in [-0.15, -0.1) is 0 Å². The Kier molecular flexibility index (Phi) is 5.04. The third-order valence-corrected chi connectivity index (χ3v) is 5.05. The molecule has 1 heterocycles. The van der Waals surface area contributed by atoms with E-state index in [1.165, 1.54) is 12.1 Å². The van der Waals surface area contributed by atoms with Gasteiger partial charge in [0.05, 0.1) is 5.92 Å². The topological polar surface area (TPSA) is 62.3 Å². The third-order valence-electron chi connectivity index (χ3n) is 5.05. The van der Waals surface area contributed by atoms with Gasteiger partial charge in [0.15, 0.2) is 0 Å². The fourth-order valence-corrected chi connectivity index (χ4v) is 3.27. The fourth-order valence-electron chi connectivity index (χ4n) is 3.27. The number of fused-ring (bicyclic) bond motifs is 1. The maximum absolute atomic E-state index is 13.1. The monoisotopic (exact) mass is 389 g/mol. The number of hydrogen-bond acceptors (Lipinski definition) is 2. The smallest absolute Gasteiger partial charge is 0.310 e. The van der Waals surface area contributed by atoms with Gasteiger partial charge in [0.1, 0.15) is 18.2 Å². The van der Waals surface area contributed by atoms with Crippen LogP contribution in [0.15, 0.2) is 72.9 Å². The Morgan fingerprint density at radius 2 is 1.86 bits per heavy atom. The van der Waals surface area contributed by atoms with Crippen LogP contribution in [0.5, 0.6) is 5.75 Å². The number of H-pyrrole nitrogens is 1. The Labute approximate surface area is 167 Å². The molecule has 3 aromatic carbocycles. The summed E-state index contributed by atoms with van der Waals surface area (Å²) in [7, 11) is 0. The second-order valence-electron chi connectivity index (χ2n) is 7.01. The minimum absolute atomic E-state index is 0.285. The van der Waals surface area contributed by atoms with Gasteiger partial charge in [-0.1, -0.05) is 24.3 Å². The summed E-state index contributed by atoms with van der Waals surface area (Å²) in [4.78, 5) is 14.6. The van der Waals surface area contributed by atoms with E-state index in [9.17, 15) is 14.3 Å². The average molecular weight is 389 g/mol. The molecule has 1 atom stereocenters. The van der Waals surface area contributed by atoms with E-state index in [4.69, 9.17) is 4.74 Å². The Bertz CT molecular complexity index is 1160. The van der Waals surface area contributed by atoms with Gasteiger partial charge in [-0.05, 0) is 71.5 Å². The van der Waals surface area contributed by atoms with Crippen molar-refractivity contribution in [1.29, 1.82) is 0 Å². The van der Waals surface area contributed by atoms with E-state index in [1.807, 2.05) is 36.5 Å². The molecular weight excluding hydrogens is 369 g/mol. The van der Waals surface area contributed by atoms with Crippen LogP contribution in [0.4, 0.5) is 4.39 Å². The molecule has 0 fully saturated rings. The summed E-state index contributed by atoms with van der Waals surface area (Å²) < 4.78 is 19.2. The predicted octanol–water partition coefficient (Wildman–Crippen LogP) is 5.74. The Balaban J connectivity index is 1.72. The summed E-state index contributed by atoms with van der Waals surface area (Å²) >= 11 is 0. The molecule has 4 nitrogen and oxygen atoms in total. The van der Waals surface area contributed by atoms with Gasteiger partial charge in [-0.2, -0.15) is 0 Å². The van der Waals surface area contributed by atoms with E-state index >= 15 is 0 Å². The molecule has 0 radical (unpaired) electrons. The molecule has 2 N–H and O–H groups in total. The molecule has 0 spiro atoms. The molecule has 0 saturated carbocycles. The number of rotatable bonds is 6. The molecular formula is C24H20FNO3. The molecule has 146 valence electrons. The number of aromatic nitrogens is 1. The molecule has 4 aromatic rings. The van der Waals surface area contributed by atoms with E-state index in [1.54, 1.807) is 31.2 Å². The highest BCUT2D eigenvalue weighted by atomic mass is 19.1. The first-order chi connectivity index (χ1) is 14.0. The number of carboxylic acids is 1. The van der Waals surface area contributed by atoms with Crippen LogP contribution in [0.3, 0.4) is 0 Å². The van der Waals surface area contributed by atoms with Crippen molar-refractivity contribution in [2.45, 2.75) is 19.4 Å². The zero-order valence-electron chi connectivity index (χ0n) is 15.9. The minimum Gasteiger partial charge on any atom is -0.488 e. The first-order valence-electron chi connectivity index (χ1n) is 9.33. The standard InChI is InChI=1S/C24H20FNO3/c1-15(24(27)28)17-5-9-23(29-14-16-2-6-20(25)7-3-16)21(13-17)18-4-8-22-19(12-18)10-11-26-22/h2-13,15,26H,14H2,1H3,(H,27,28). The molecule has 0 bridgehead atoms. The number of ether oxygens (including phenoxy) is 1. The molecule has 1 unspecified atom stereocenters. The largest absolute Gasteiger partial charge is 0.488 e. The lowest BCUT2D eigenvalue weighted by molar-refractivity contribution is -0.138. The lowest BCUT2D eigenvalue weighted by Crippen LogP contribution is -2.08. The van der Waals surface area contributed by atoms with Gasteiger partial charge in [0.2, 0.25) is 0 Å². The number of aromatic amines is 1. The molecule has 0 aliphatic heterocycles. The first-order valence-corrected chi connectivity index (χ1v) is 9.33. The van der Waals surface area contributed by atoms with Crippen LogP contribution in [0, 0.1) is 5.82 Å². The first kappa shape index (κ1) is 18.7. The molecule has 0 amide bonds. The SMILES string of the molecule is CC(C(=O)O)c1ccc(OCc2ccc(F)cc2)c(-c2ccc3[nH]ccc3c2)c1. The lowest BCUT2D eigenvalue weighted by Gasteiger charge is -2.15. The van der Waals surface area contributed by atoms with Crippen LogP contribution in [0.1, 0.15) is 24.0 Å². The quantitative estimate of drug-likeness (QED) is 0.442. The van der Waals surface area contributed by atoms with Crippen molar-refractivity contribution in [1.82, 2.24) is 4.98 Å². The molecule has 5 heteroatoms. The minimum atomic E-state index is -0.878. The van der Waals surface area contributed by atoms with Crippen molar-refractivity contribution in [2.75, 3.05) is 0 Å². The van der Waals surface area contributed by atoms with Crippen molar-refractivity contribution in [3.63, 3.8) is 0 Å². The molecule has 0 aliphatic carbocycles. The third kappa shape index (κ3) is 3.99. The average Bonchev–Trinajstić information content (AvgIpc) is 3.20. The van der Waals surface area contributed by atoms with E-state index in [0.717, 1.165) is 27.6 Å². The van der Waals surface area contributed by atoms with Gasteiger partial charge in [-0.3, -0.25) is 4.79 Å². The normalized spacial score (nSPS) is 12.1. The number of benzene rings is 3. The van der Waals surface area contributed by atoms with Gasteiger partial charge >= 0.3 is 5.97 Å². The molecule has 0 saturated heterocycles. The summed E-state index contributed by atoms with van der Waals surface area (Å²) in [6.07, 6.45) is 1.88. The number of carboxylic acid groups (broad SMARTS) is 1. The van der Waals surface area contributed by atoms with Crippen molar-refractivity contribution >= 4 is 16.9 Å². The zero-order chi connectivity index (χ0) is 20.4. The summed E-state index contributed by atoms with van der Waals surface area (Å²) in [6.45, 7) is 1.95. The number of hydrogen-bond donors (Lipinski definition) is 2. The van der Waals surface area contributed by atoms with Gasteiger partial charge in [-0.25, -0.2) is 4.39 Å². The molecule has 0 aliphatic rings. The van der Waals surface area contributed by atoms with E-state index in [2.05, 4.69) is 4.98 Å². The zero-order valence-corrected chi connectivity index (χ0v) is 15.9. The summed E-state index contributed by atoms with van der Waals surface area (Å²) in [6, 6.07) is 19.6. The maximum Gasteiger partial charge on any atom is 0.310 e. The van der Waals surface area contributed by atoms with E-state index in [0.29, 0.717) is 11.3 Å². The van der Waals surface area contributed by atoms with Crippen molar-refractivity contribution in [3.05, 3.63) is 89.9 Å². The highest BCUT2D eigenvalue weighted by Crippen LogP contribution is 2.35. The number of aliphatic carboxylic acids is 1. The summed E-state index contributed by atoms with van der Waals surface area (Å²) in [5.74, 6) is -1.15. The van der Waals surface area contributed by atoms with Crippen LogP contribution in [-0.4, -0.2) is 16.1 Å². The van der Waals surface area contributed by atoms with Gasteiger partial charge in [0, 0.05) is 17.3 Å². The Morgan fingerprint density at radius 3 is 2.62 bits per heavy atom. The highest BCUT2D eigenvalue weighted by Gasteiger charge is 2.17. The van der Waals surface area contributed by atoms with Crippen LogP contribution >= 0.6 is 0 Å². The number of nitrogens with one attached hydrogen (secondary N) is 1. The summed E-state index contributed by atoms with van der Waals surface area (Å²) in [5.41, 5.74) is 4.33. The predicted molar refractivity (Wildman–Crippen MR) is 111 cm³/mol. The number of halogens is 1. The van der Waals surface area contributed by atoms with Crippen molar-refractivity contribution in [2.24, 2.45) is 0 Å². The molecule has 1 aromatic heterocycles. The lowest BCUT2D eigenvalue weighted by atomic mass is 9.95. The molecule has 4 rings (SSSR count). The van der Waals surface area contributed by atoms with Crippen molar-refractivity contribution in [3.8, 4) is 16.9 Å². The second-order valence-corrected chi connectivity index (χ2v) is 7.01. The van der Waals surface area contributed by atoms with Gasteiger partial charge in [0.25, 0.3) is 0 Å². The second kappa shape index (κ2) is 7.80. The van der Waals surface area contributed by atoms with Gasteiger partial charge < -0.3 is 14.8 Å². The summed E-state index contributed by atoms with van der Waals surface area (Å²) in [5, 5.41) is 10.4. The van der Waals surface area contributed by atoms with E-state index < -0.39 is 11.9 Å². The Hall–Kier alpha value is -3.60. The van der Waals surface area contributed by atoms with Crippen molar-refractivity contribution < 1.29 is 19.0 Å².